The van der Waals surface area contributed by atoms with Crippen LogP contribution < -0.4 is 10.7 Å². The number of aromatic nitrogens is 1. The van der Waals surface area contributed by atoms with Crippen molar-refractivity contribution in [3.05, 3.63) is 81.5 Å². The smallest absolute Gasteiger partial charge is 0.292 e. The third kappa shape index (κ3) is 3.66. The molecule has 1 N–H and O–H groups in total. The average molecular weight is 334 g/mol. The Labute approximate surface area is 145 Å². The minimum absolute atomic E-state index is 0.0358. The summed E-state index contributed by atoms with van der Waals surface area (Å²) in [5.74, 6) is 0.258. The number of nitrogens with zero attached hydrogens (tertiary/aromatic N) is 1. The molecule has 0 aliphatic rings. The molecule has 5 nitrogen and oxygen atoms in total. The maximum absolute atomic E-state index is 12.4. The normalized spacial score (nSPS) is 10.5. The minimum Gasteiger partial charge on any atom is -0.456 e. The van der Waals surface area contributed by atoms with Gasteiger partial charge in [0, 0.05) is 17.8 Å². The molecule has 25 heavy (non-hydrogen) atoms. The summed E-state index contributed by atoms with van der Waals surface area (Å²) in [6.07, 6.45) is 0. The number of amides is 1. The Kier molecular flexibility index (Phi) is 4.48. The first-order chi connectivity index (χ1) is 11.9. The summed E-state index contributed by atoms with van der Waals surface area (Å²) >= 11 is 0. The predicted molar refractivity (Wildman–Crippen MR) is 96.8 cm³/mol. The van der Waals surface area contributed by atoms with Crippen LogP contribution in [0.15, 0.2) is 57.7 Å². The molecule has 5 heteroatoms. The number of nitrogens with one attached hydrogen (secondary N) is 1. The minimum atomic E-state index is -0.504. The first kappa shape index (κ1) is 16.6. The van der Waals surface area contributed by atoms with Gasteiger partial charge in [0.15, 0.2) is 11.2 Å². The summed E-state index contributed by atoms with van der Waals surface area (Å²) in [6.45, 7) is 5.51. The molecule has 1 aromatic carbocycles. The SMILES string of the molecule is Cc1cc(=O)cc(C(=O)Nc2cc(-c3ccccc3)c(C)c(C)n2)o1. The van der Waals surface area contributed by atoms with Gasteiger partial charge in [0.1, 0.15) is 11.6 Å². The van der Waals surface area contributed by atoms with Crippen LogP contribution in [0, 0.1) is 20.8 Å². The quantitative estimate of drug-likeness (QED) is 0.789. The van der Waals surface area contributed by atoms with E-state index >= 15 is 0 Å². The molecule has 1 amide bonds. The number of benzene rings is 1. The number of aryl methyl sites for hydroxylation is 2. The van der Waals surface area contributed by atoms with E-state index in [2.05, 4.69) is 10.3 Å². The highest BCUT2D eigenvalue weighted by atomic mass is 16.3. The monoisotopic (exact) mass is 334 g/mol. The zero-order chi connectivity index (χ0) is 18.0. The molecule has 0 saturated heterocycles. The fraction of sp³-hybridized carbons (Fsp3) is 0.150. The molecule has 126 valence electrons. The van der Waals surface area contributed by atoms with Crippen LogP contribution >= 0.6 is 0 Å². The van der Waals surface area contributed by atoms with Gasteiger partial charge in [-0.15, -0.1) is 0 Å². The van der Waals surface area contributed by atoms with E-state index in [1.54, 1.807) is 6.92 Å². The van der Waals surface area contributed by atoms with Crippen molar-refractivity contribution < 1.29 is 9.21 Å². The van der Waals surface area contributed by atoms with Crippen molar-refractivity contribution in [2.45, 2.75) is 20.8 Å². The fourth-order valence-corrected chi connectivity index (χ4v) is 2.61. The Hall–Kier alpha value is -3.21. The molecule has 0 saturated carbocycles. The van der Waals surface area contributed by atoms with Crippen LogP contribution in [0.25, 0.3) is 11.1 Å². The van der Waals surface area contributed by atoms with E-state index in [1.165, 1.54) is 12.1 Å². The number of carbonyl (C=O) groups is 1. The summed E-state index contributed by atoms with van der Waals surface area (Å²) in [4.78, 5) is 28.3. The maximum Gasteiger partial charge on any atom is 0.292 e. The first-order valence-electron chi connectivity index (χ1n) is 7.91. The number of carbonyl (C=O) groups excluding carboxylic acids is 1. The van der Waals surface area contributed by atoms with Crippen LogP contribution in [0.5, 0.6) is 0 Å². The molecule has 0 aliphatic heterocycles. The molecule has 2 aromatic heterocycles. The Morgan fingerprint density at radius 3 is 2.44 bits per heavy atom. The zero-order valence-electron chi connectivity index (χ0n) is 14.3. The van der Waals surface area contributed by atoms with Gasteiger partial charge < -0.3 is 9.73 Å². The molecular formula is C20H18N2O3. The maximum atomic E-state index is 12.4. The van der Waals surface area contributed by atoms with Crippen LogP contribution in [0.2, 0.25) is 0 Å². The Bertz CT molecular complexity index is 992. The predicted octanol–water partition coefficient (Wildman–Crippen LogP) is 3.88. The lowest BCUT2D eigenvalue weighted by atomic mass is 10.0. The van der Waals surface area contributed by atoms with E-state index in [0.29, 0.717) is 11.6 Å². The summed E-state index contributed by atoms with van der Waals surface area (Å²) in [5, 5.41) is 2.71. The summed E-state index contributed by atoms with van der Waals surface area (Å²) in [5.41, 5.74) is 3.64. The highest BCUT2D eigenvalue weighted by molar-refractivity contribution is 6.01. The van der Waals surface area contributed by atoms with E-state index in [1.807, 2.05) is 50.2 Å². The van der Waals surface area contributed by atoms with Gasteiger partial charge in [-0.1, -0.05) is 30.3 Å². The molecular weight excluding hydrogens is 316 g/mol. The number of rotatable bonds is 3. The number of anilines is 1. The third-order valence-corrected chi connectivity index (χ3v) is 3.96. The molecule has 0 radical (unpaired) electrons. The van der Waals surface area contributed by atoms with Crippen molar-refractivity contribution in [1.29, 1.82) is 0 Å². The number of pyridine rings is 1. The lowest BCUT2D eigenvalue weighted by molar-refractivity contribution is 0.0992. The second kappa shape index (κ2) is 6.73. The molecule has 2 heterocycles. The number of hydrogen-bond acceptors (Lipinski definition) is 4. The van der Waals surface area contributed by atoms with Crippen molar-refractivity contribution in [3.63, 3.8) is 0 Å². The third-order valence-electron chi connectivity index (χ3n) is 3.96. The van der Waals surface area contributed by atoms with Gasteiger partial charge in [-0.25, -0.2) is 4.98 Å². The molecule has 0 aliphatic carbocycles. The van der Waals surface area contributed by atoms with Gasteiger partial charge >= 0.3 is 0 Å². The van der Waals surface area contributed by atoms with Crippen molar-refractivity contribution >= 4 is 11.7 Å². The van der Waals surface area contributed by atoms with E-state index in [4.69, 9.17) is 4.42 Å². The fourth-order valence-electron chi connectivity index (χ4n) is 2.61. The van der Waals surface area contributed by atoms with Crippen LogP contribution in [0.1, 0.15) is 27.6 Å². The van der Waals surface area contributed by atoms with Gasteiger partial charge in [0.2, 0.25) is 0 Å². The van der Waals surface area contributed by atoms with Gasteiger partial charge in [0.25, 0.3) is 5.91 Å². The molecule has 0 bridgehead atoms. The molecule has 3 rings (SSSR count). The molecule has 0 fully saturated rings. The largest absolute Gasteiger partial charge is 0.456 e. The lowest BCUT2D eigenvalue weighted by Crippen LogP contribution is -2.16. The second-order valence-electron chi connectivity index (χ2n) is 5.85. The molecule has 3 aromatic rings. The second-order valence-corrected chi connectivity index (χ2v) is 5.85. The molecule has 0 unspecified atom stereocenters. The highest BCUT2D eigenvalue weighted by Crippen LogP contribution is 2.27. The van der Waals surface area contributed by atoms with Gasteiger partial charge in [-0.05, 0) is 43.5 Å². The highest BCUT2D eigenvalue weighted by Gasteiger charge is 2.14. The van der Waals surface area contributed by atoms with Gasteiger partial charge in [0.05, 0.1) is 0 Å². The summed E-state index contributed by atoms with van der Waals surface area (Å²) in [6, 6.07) is 14.2. The lowest BCUT2D eigenvalue weighted by Gasteiger charge is -2.12. The van der Waals surface area contributed by atoms with Crippen molar-refractivity contribution in [3.8, 4) is 11.1 Å². The number of hydrogen-bond donors (Lipinski definition) is 1. The topological polar surface area (TPSA) is 72.2 Å². The van der Waals surface area contributed by atoms with Gasteiger partial charge in [-0.3, -0.25) is 9.59 Å². The summed E-state index contributed by atoms with van der Waals surface area (Å²) < 4.78 is 5.32. The van der Waals surface area contributed by atoms with Crippen molar-refractivity contribution in [2.24, 2.45) is 0 Å². The summed E-state index contributed by atoms with van der Waals surface area (Å²) in [7, 11) is 0. The van der Waals surface area contributed by atoms with Crippen LogP contribution in [0.3, 0.4) is 0 Å². The van der Waals surface area contributed by atoms with E-state index in [-0.39, 0.29) is 11.2 Å². The molecule has 0 spiro atoms. The Morgan fingerprint density at radius 2 is 1.76 bits per heavy atom. The Balaban J connectivity index is 1.97. The van der Waals surface area contributed by atoms with Crippen LogP contribution in [-0.2, 0) is 0 Å². The van der Waals surface area contributed by atoms with Crippen molar-refractivity contribution in [2.75, 3.05) is 5.32 Å². The standard InChI is InChI=1S/C20H18N2O3/c1-12-9-16(23)10-18(25-12)20(24)22-19-11-17(13(2)14(3)21-19)15-7-5-4-6-8-15/h4-11H,1-3H3,(H,21,22,24). The first-order valence-corrected chi connectivity index (χ1v) is 7.91. The van der Waals surface area contributed by atoms with Gasteiger partial charge in [-0.2, -0.15) is 0 Å². The van der Waals surface area contributed by atoms with E-state index in [0.717, 1.165) is 22.4 Å². The average Bonchev–Trinajstić information content (AvgIpc) is 2.58. The van der Waals surface area contributed by atoms with Crippen LogP contribution in [-0.4, -0.2) is 10.9 Å². The Morgan fingerprint density at radius 1 is 1.04 bits per heavy atom. The zero-order valence-corrected chi connectivity index (χ0v) is 14.3. The molecule has 0 atom stereocenters. The van der Waals surface area contributed by atoms with Crippen LogP contribution in [0.4, 0.5) is 5.82 Å². The van der Waals surface area contributed by atoms with Crippen molar-refractivity contribution in [1.82, 2.24) is 4.98 Å². The van der Waals surface area contributed by atoms with E-state index < -0.39 is 5.91 Å². The van der Waals surface area contributed by atoms with E-state index in [9.17, 15) is 9.59 Å².